The second-order valence-corrected chi connectivity index (χ2v) is 7.16. The van der Waals surface area contributed by atoms with E-state index < -0.39 is 0 Å². The van der Waals surface area contributed by atoms with E-state index >= 15 is 0 Å². The van der Waals surface area contributed by atoms with Gasteiger partial charge in [0.25, 0.3) is 0 Å². The average Bonchev–Trinajstić information content (AvgIpc) is 3.28. The summed E-state index contributed by atoms with van der Waals surface area (Å²) < 4.78 is 0. The van der Waals surface area contributed by atoms with Crippen molar-refractivity contribution < 1.29 is 0 Å². The summed E-state index contributed by atoms with van der Waals surface area (Å²) in [6, 6.07) is 11.3. The third kappa shape index (κ3) is 4.82. The number of nitrogens with zero attached hydrogens (tertiary/aromatic N) is 1. The molecule has 2 rings (SSSR count). The maximum atomic E-state index is 3.71. The van der Waals surface area contributed by atoms with Crippen molar-refractivity contribution in [1.82, 2.24) is 10.2 Å². The molecule has 1 aromatic rings. The summed E-state index contributed by atoms with van der Waals surface area (Å²) in [5.74, 6) is 0.968. The van der Waals surface area contributed by atoms with Crippen LogP contribution in [0, 0.1) is 11.3 Å². The predicted molar refractivity (Wildman–Crippen MR) is 91.5 cm³/mol. The predicted octanol–water partition coefficient (Wildman–Crippen LogP) is 4.10. The number of nitrogens with one attached hydrogen (secondary N) is 1. The highest BCUT2D eigenvalue weighted by Crippen LogP contribution is 2.36. The van der Waals surface area contributed by atoms with E-state index in [2.05, 4.69) is 68.2 Å². The van der Waals surface area contributed by atoms with Crippen LogP contribution in [-0.2, 0) is 0 Å². The van der Waals surface area contributed by atoms with Crippen molar-refractivity contribution in [1.29, 1.82) is 0 Å². The fourth-order valence-corrected chi connectivity index (χ4v) is 3.33. The molecule has 1 aliphatic carbocycles. The molecule has 0 radical (unpaired) electrons. The summed E-state index contributed by atoms with van der Waals surface area (Å²) in [5, 5.41) is 3.71. The van der Waals surface area contributed by atoms with E-state index in [1.807, 2.05) is 0 Å². The SMILES string of the molecule is CCNC(c1ccccc1)C(C)(C)CN(CC)CC1CC1. The zero-order chi connectivity index (χ0) is 15.3. The van der Waals surface area contributed by atoms with E-state index in [9.17, 15) is 0 Å². The Morgan fingerprint density at radius 1 is 1.19 bits per heavy atom. The van der Waals surface area contributed by atoms with Gasteiger partial charge in [-0.25, -0.2) is 0 Å². The van der Waals surface area contributed by atoms with Gasteiger partial charge in [-0.2, -0.15) is 0 Å². The van der Waals surface area contributed by atoms with Gasteiger partial charge in [0.2, 0.25) is 0 Å². The van der Waals surface area contributed by atoms with Crippen LogP contribution < -0.4 is 5.32 Å². The first-order chi connectivity index (χ1) is 10.1. The Morgan fingerprint density at radius 3 is 2.38 bits per heavy atom. The van der Waals surface area contributed by atoms with Crippen molar-refractivity contribution in [2.75, 3.05) is 26.2 Å². The Balaban J connectivity index is 2.08. The molecule has 1 saturated carbocycles. The lowest BCUT2D eigenvalue weighted by atomic mass is 9.79. The van der Waals surface area contributed by atoms with Crippen LogP contribution in [0.3, 0.4) is 0 Å². The fourth-order valence-electron chi connectivity index (χ4n) is 3.33. The van der Waals surface area contributed by atoms with E-state index in [0.29, 0.717) is 6.04 Å². The van der Waals surface area contributed by atoms with Crippen LogP contribution in [0.1, 0.15) is 52.1 Å². The summed E-state index contributed by atoms with van der Waals surface area (Å²) in [4.78, 5) is 2.64. The number of rotatable bonds is 9. The smallest absolute Gasteiger partial charge is 0.0384 e. The first-order valence-corrected chi connectivity index (χ1v) is 8.57. The van der Waals surface area contributed by atoms with E-state index in [4.69, 9.17) is 0 Å². The molecule has 1 fully saturated rings. The van der Waals surface area contributed by atoms with Crippen LogP contribution >= 0.6 is 0 Å². The first-order valence-electron chi connectivity index (χ1n) is 8.57. The van der Waals surface area contributed by atoms with Gasteiger partial charge in [-0.3, -0.25) is 0 Å². The van der Waals surface area contributed by atoms with E-state index in [-0.39, 0.29) is 5.41 Å². The summed E-state index contributed by atoms with van der Waals surface area (Å²) in [6.07, 6.45) is 2.87. The van der Waals surface area contributed by atoms with Crippen molar-refractivity contribution >= 4 is 0 Å². The number of hydrogen-bond acceptors (Lipinski definition) is 2. The molecule has 0 aromatic heterocycles. The van der Waals surface area contributed by atoms with Gasteiger partial charge in [-0.1, -0.05) is 58.0 Å². The Bertz CT molecular complexity index is 409. The number of benzene rings is 1. The average molecular weight is 288 g/mol. The van der Waals surface area contributed by atoms with Crippen LogP contribution in [0.4, 0.5) is 0 Å². The Labute approximate surface area is 130 Å². The minimum atomic E-state index is 0.224. The second kappa shape index (κ2) is 7.42. The Kier molecular flexibility index (Phi) is 5.83. The minimum Gasteiger partial charge on any atom is -0.310 e. The van der Waals surface area contributed by atoms with Gasteiger partial charge in [0.05, 0.1) is 0 Å². The molecule has 0 aliphatic heterocycles. The molecule has 1 aromatic carbocycles. The molecule has 0 heterocycles. The first kappa shape index (κ1) is 16.5. The van der Waals surface area contributed by atoms with Gasteiger partial charge >= 0.3 is 0 Å². The third-order valence-electron chi connectivity index (χ3n) is 4.61. The number of hydrogen-bond donors (Lipinski definition) is 1. The van der Waals surface area contributed by atoms with Crippen LogP contribution in [0.2, 0.25) is 0 Å². The lowest BCUT2D eigenvalue weighted by Gasteiger charge is -2.39. The molecule has 0 amide bonds. The summed E-state index contributed by atoms with van der Waals surface area (Å²) in [7, 11) is 0. The van der Waals surface area contributed by atoms with Gasteiger partial charge in [-0.05, 0) is 42.8 Å². The summed E-state index contributed by atoms with van der Waals surface area (Å²) in [6.45, 7) is 13.9. The van der Waals surface area contributed by atoms with Crippen molar-refractivity contribution in [2.45, 2.75) is 46.6 Å². The van der Waals surface area contributed by atoms with E-state index in [0.717, 1.165) is 25.6 Å². The molecule has 1 N–H and O–H groups in total. The Hall–Kier alpha value is -0.860. The molecule has 1 aliphatic rings. The largest absolute Gasteiger partial charge is 0.310 e. The molecule has 1 atom stereocenters. The minimum absolute atomic E-state index is 0.224. The highest BCUT2D eigenvalue weighted by atomic mass is 15.1. The van der Waals surface area contributed by atoms with Crippen molar-refractivity contribution in [3.8, 4) is 0 Å². The maximum Gasteiger partial charge on any atom is 0.0384 e. The zero-order valence-electron chi connectivity index (χ0n) is 14.2. The molecule has 118 valence electrons. The van der Waals surface area contributed by atoms with Crippen LogP contribution in [0.5, 0.6) is 0 Å². The molecule has 2 nitrogen and oxygen atoms in total. The lowest BCUT2D eigenvalue weighted by Crippen LogP contribution is -2.43. The molecular formula is C19H32N2. The fraction of sp³-hybridized carbons (Fsp3) is 0.684. The van der Waals surface area contributed by atoms with Gasteiger partial charge in [0.1, 0.15) is 0 Å². The van der Waals surface area contributed by atoms with Crippen LogP contribution in [0.15, 0.2) is 30.3 Å². The van der Waals surface area contributed by atoms with Crippen molar-refractivity contribution in [2.24, 2.45) is 11.3 Å². The topological polar surface area (TPSA) is 15.3 Å². The van der Waals surface area contributed by atoms with Gasteiger partial charge in [0, 0.05) is 19.1 Å². The van der Waals surface area contributed by atoms with Gasteiger partial charge < -0.3 is 10.2 Å². The third-order valence-corrected chi connectivity index (χ3v) is 4.61. The van der Waals surface area contributed by atoms with E-state index in [1.165, 1.54) is 24.9 Å². The molecule has 2 heteroatoms. The standard InChI is InChI=1S/C19H32N2/c1-5-20-18(17-10-8-7-9-11-17)19(3,4)15-21(6-2)14-16-12-13-16/h7-11,16,18,20H,5-6,12-15H2,1-4H3. The molecule has 0 saturated heterocycles. The summed E-state index contributed by atoms with van der Waals surface area (Å²) >= 11 is 0. The second-order valence-electron chi connectivity index (χ2n) is 7.16. The summed E-state index contributed by atoms with van der Waals surface area (Å²) in [5.41, 5.74) is 1.63. The van der Waals surface area contributed by atoms with Crippen molar-refractivity contribution in [3.63, 3.8) is 0 Å². The van der Waals surface area contributed by atoms with Crippen LogP contribution in [0.25, 0.3) is 0 Å². The molecule has 21 heavy (non-hydrogen) atoms. The molecule has 1 unspecified atom stereocenters. The quantitative estimate of drug-likeness (QED) is 0.736. The monoisotopic (exact) mass is 288 g/mol. The maximum absolute atomic E-state index is 3.71. The molecular weight excluding hydrogens is 256 g/mol. The van der Waals surface area contributed by atoms with E-state index in [1.54, 1.807) is 0 Å². The highest BCUT2D eigenvalue weighted by molar-refractivity contribution is 5.21. The highest BCUT2D eigenvalue weighted by Gasteiger charge is 2.33. The lowest BCUT2D eigenvalue weighted by molar-refractivity contribution is 0.137. The van der Waals surface area contributed by atoms with Gasteiger partial charge in [-0.15, -0.1) is 0 Å². The van der Waals surface area contributed by atoms with Crippen LogP contribution in [-0.4, -0.2) is 31.1 Å². The van der Waals surface area contributed by atoms with Gasteiger partial charge in [0.15, 0.2) is 0 Å². The molecule has 0 spiro atoms. The van der Waals surface area contributed by atoms with Crippen molar-refractivity contribution in [3.05, 3.63) is 35.9 Å². The Morgan fingerprint density at radius 2 is 1.86 bits per heavy atom. The molecule has 0 bridgehead atoms. The zero-order valence-corrected chi connectivity index (χ0v) is 14.2. The normalized spacial score (nSPS) is 17.2.